The second kappa shape index (κ2) is 11.2. The molecule has 0 saturated carbocycles. The lowest BCUT2D eigenvalue weighted by Gasteiger charge is -2.14. The fraction of sp³-hybridized carbons (Fsp3) is 0.296. The molecule has 2 aromatic heterocycles. The fourth-order valence-corrected chi connectivity index (χ4v) is 4.40. The Hall–Kier alpha value is -3.38. The van der Waals surface area contributed by atoms with E-state index in [0.29, 0.717) is 11.4 Å². The molecule has 0 spiro atoms. The minimum atomic E-state index is -0.184. The molecule has 0 aliphatic rings. The molecule has 0 aliphatic carbocycles. The Morgan fingerprint density at radius 1 is 1.09 bits per heavy atom. The number of unbranched alkanes of at least 4 members (excludes halogenated alkanes) is 2. The molecule has 4 N–H and O–H groups in total. The predicted molar refractivity (Wildman–Crippen MR) is 134 cm³/mol. The summed E-state index contributed by atoms with van der Waals surface area (Å²) in [7, 11) is 0. The number of aromatic nitrogens is 3. The van der Waals surface area contributed by atoms with Crippen molar-refractivity contribution < 1.29 is 14.6 Å². The van der Waals surface area contributed by atoms with Crippen molar-refractivity contribution in [1.29, 1.82) is 0 Å². The standard InChI is InChI=1S/C27H29ClN4O2/c1-18(33)8-4-2-7-11-24(27-30-17-25(32-27)19-9-5-3-6-10-19)31-26(34)14-20-16-29-23-13-12-21(28)15-22(20)23/h3,5-6,9-10,12-13,15-17,24,29H,2,4,7-8,11,14H2,1H3,(H,30,32)(H,31,34)/p+1/t24-/m0/s1. The van der Waals surface area contributed by atoms with Gasteiger partial charge in [0.25, 0.3) is 5.82 Å². The third kappa shape index (κ3) is 6.14. The number of halogens is 1. The van der Waals surface area contributed by atoms with Crippen LogP contribution < -0.4 is 10.3 Å². The molecule has 0 fully saturated rings. The van der Waals surface area contributed by atoms with E-state index in [4.69, 9.17) is 11.6 Å². The molecule has 0 unspecified atom stereocenters. The van der Waals surface area contributed by atoms with Gasteiger partial charge in [-0.2, -0.15) is 0 Å². The van der Waals surface area contributed by atoms with Crippen LogP contribution in [-0.4, -0.2) is 21.7 Å². The SMILES string of the molecule is CC(=O)CCCCC[C@H](NC(=O)Cc1c[nH]c2ccc(Cl)cc12)c1[nH]c(-c2ccccc2)c[nH+]1. The molecule has 0 saturated heterocycles. The molecule has 0 bridgehead atoms. The van der Waals surface area contributed by atoms with Gasteiger partial charge in [-0.1, -0.05) is 54.8 Å². The number of imidazole rings is 1. The highest BCUT2D eigenvalue weighted by atomic mass is 35.5. The normalized spacial score (nSPS) is 12.1. The van der Waals surface area contributed by atoms with Crippen molar-refractivity contribution in [3.05, 3.63) is 77.3 Å². The van der Waals surface area contributed by atoms with Crippen LogP contribution in [-0.2, 0) is 16.0 Å². The van der Waals surface area contributed by atoms with Crippen molar-refractivity contribution in [2.75, 3.05) is 0 Å². The zero-order chi connectivity index (χ0) is 23.9. The van der Waals surface area contributed by atoms with Crippen molar-refractivity contribution >= 4 is 34.2 Å². The number of hydrogen-bond donors (Lipinski definition) is 3. The number of H-pyrrole nitrogens is 3. The van der Waals surface area contributed by atoms with Gasteiger partial charge in [-0.05, 0) is 43.5 Å². The van der Waals surface area contributed by atoms with Gasteiger partial charge in [0.05, 0.1) is 6.42 Å². The van der Waals surface area contributed by atoms with Crippen LogP contribution in [0, 0.1) is 0 Å². The number of aromatic amines is 3. The van der Waals surface area contributed by atoms with Gasteiger partial charge in [0.15, 0.2) is 5.69 Å². The average molecular weight is 478 g/mol. The first-order valence-electron chi connectivity index (χ1n) is 11.7. The molecule has 0 radical (unpaired) electrons. The van der Waals surface area contributed by atoms with E-state index in [9.17, 15) is 9.59 Å². The molecular formula is C27H30ClN4O2+. The lowest BCUT2D eigenvalue weighted by Crippen LogP contribution is -2.33. The first kappa shape index (κ1) is 23.8. The zero-order valence-corrected chi connectivity index (χ0v) is 20.0. The highest BCUT2D eigenvalue weighted by Crippen LogP contribution is 2.24. The minimum Gasteiger partial charge on any atom is -0.361 e. The summed E-state index contributed by atoms with van der Waals surface area (Å²) in [6.07, 6.45) is 8.16. The largest absolute Gasteiger partial charge is 0.361 e. The summed E-state index contributed by atoms with van der Waals surface area (Å²) in [5.41, 5.74) is 3.92. The summed E-state index contributed by atoms with van der Waals surface area (Å²) in [6.45, 7) is 1.62. The second-order valence-corrected chi connectivity index (χ2v) is 9.15. The van der Waals surface area contributed by atoms with Crippen molar-refractivity contribution in [2.45, 2.75) is 51.5 Å². The van der Waals surface area contributed by atoms with E-state index in [1.807, 2.05) is 60.9 Å². The molecule has 7 heteroatoms. The van der Waals surface area contributed by atoms with Crippen LogP contribution in [0.25, 0.3) is 22.2 Å². The molecule has 2 aromatic carbocycles. The van der Waals surface area contributed by atoms with Gasteiger partial charge >= 0.3 is 0 Å². The van der Waals surface area contributed by atoms with Crippen molar-refractivity contribution in [3.8, 4) is 11.3 Å². The van der Waals surface area contributed by atoms with Crippen LogP contribution in [0.2, 0.25) is 5.02 Å². The Bertz CT molecular complexity index is 1260. The van der Waals surface area contributed by atoms with Crippen LogP contribution in [0.4, 0.5) is 0 Å². The molecule has 1 amide bonds. The Morgan fingerprint density at radius 2 is 1.91 bits per heavy atom. The van der Waals surface area contributed by atoms with Crippen LogP contribution in [0.3, 0.4) is 0 Å². The van der Waals surface area contributed by atoms with E-state index in [1.165, 1.54) is 0 Å². The summed E-state index contributed by atoms with van der Waals surface area (Å²) in [4.78, 5) is 34.2. The van der Waals surface area contributed by atoms with Gasteiger partial charge in [-0.15, -0.1) is 0 Å². The van der Waals surface area contributed by atoms with E-state index < -0.39 is 0 Å². The Kier molecular flexibility index (Phi) is 7.80. The summed E-state index contributed by atoms with van der Waals surface area (Å²) >= 11 is 6.16. The average Bonchev–Trinajstić information content (AvgIpc) is 3.46. The number of ketones is 1. The van der Waals surface area contributed by atoms with Gasteiger partial charge in [-0.25, -0.2) is 9.97 Å². The van der Waals surface area contributed by atoms with Gasteiger partial charge in [0, 0.05) is 34.1 Å². The van der Waals surface area contributed by atoms with Crippen molar-refractivity contribution in [1.82, 2.24) is 15.3 Å². The number of hydrogen-bond acceptors (Lipinski definition) is 2. The zero-order valence-electron chi connectivity index (χ0n) is 19.3. The maximum atomic E-state index is 13.0. The number of nitrogens with one attached hydrogen (secondary N) is 4. The van der Waals surface area contributed by atoms with E-state index in [-0.39, 0.29) is 24.2 Å². The Labute approximate surface area is 204 Å². The number of carbonyl (C=O) groups excluding carboxylic acids is 2. The number of amides is 1. The highest BCUT2D eigenvalue weighted by Gasteiger charge is 2.23. The molecule has 0 aliphatic heterocycles. The Balaban J connectivity index is 1.47. The monoisotopic (exact) mass is 477 g/mol. The molecule has 176 valence electrons. The van der Waals surface area contributed by atoms with Gasteiger partial charge in [-0.3, -0.25) is 4.79 Å². The van der Waals surface area contributed by atoms with E-state index in [0.717, 1.165) is 59.2 Å². The lowest BCUT2D eigenvalue weighted by molar-refractivity contribution is -0.391. The first-order valence-corrected chi connectivity index (χ1v) is 12.1. The third-order valence-electron chi connectivity index (χ3n) is 6.01. The number of carbonyl (C=O) groups is 2. The van der Waals surface area contributed by atoms with Crippen molar-refractivity contribution in [2.24, 2.45) is 0 Å². The summed E-state index contributed by atoms with van der Waals surface area (Å²) < 4.78 is 0. The van der Waals surface area contributed by atoms with Crippen LogP contribution in [0.15, 0.2) is 60.9 Å². The summed E-state index contributed by atoms with van der Waals surface area (Å²) in [6, 6.07) is 15.5. The molecule has 2 heterocycles. The summed E-state index contributed by atoms with van der Waals surface area (Å²) in [5.74, 6) is 1.02. The molecule has 34 heavy (non-hydrogen) atoms. The van der Waals surface area contributed by atoms with Gasteiger partial charge < -0.3 is 15.1 Å². The molecule has 4 rings (SSSR count). The van der Waals surface area contributed by atoms with Gasteiger partial charge in [0.2, 0.25) is 5.91 Å². The lowest BCUT2D eigenvalue weighted by atomic mass is 10.0. The molecule has 4 aromatic rings. The van der Waals surface area contributed by atoms with Crippen molar-refractivity contribution in [3.63, 3.8) is 0 Å². The Morgan fingerprint density at radius 3 is 2.71 bits per heavy atom. The molecule has 1 atom stereocenters. The number of fused-ring (bicyclic) bond motifs is 1. The van der Waals surface area contributed by atoms with E-state index in [1.54, 1.807) is 6.92 Å². The molecule has 6 nitrogen and oxygen atoms in total. The van der Waals surface area contributed by atoms with Crippen LogP contribution in [0.5, 0.6) is 0 Å². The maximum Gasteiger partial charge on any atom is 0.275 e. The second-order valence-electron chi connectivity index (χ2n) is 8.71. The number of rotatable bonds is 11. The summed E-state index contributed by atoms with van der Waals surface area (Å²) in [5, 5.41) is 4.80. The number of Topliss-reactive ketones (excluding diaryl/α,β-unsaturated/α-hetero) is 1. The van der Waals surface area contributed by atoms with E-state index >= 15 is 0 Å². The number of benzene rings is 2. The predicted octanol–water partition coefficient (Wildman–Crippen LogP) is 5.57. The highest BCUT2D eigenvalue weighted by molar-refractivity contribution is 6.31. The molecular weight excluding hydrogens is 448 g/mol. The smallest absolute Gasteiger partial charge is 0.275 e. The maximum absolute atomic E-state index is 13.0. The first-order chi connectivity index (χ1) is 16.5. The van der Waals surface area contributed by atoms with Gasteiger partial charge in [0.1, 0.15) is 18.0 Å². The third-order valence-corrected chi connectivity index (χ3v) is 6.25. The quantitative estimate of drug-likeness (QED) is 0.246. The van der Waals surface area contributed by atoms with E-state index in [2.05, 4.69) is 20.3 Å². The van der Waals surface area contributed by atoms with Crippen LogP contribution >= 0.6 is 11.6 Å². The van der Waals surface area contributed by atoms with Crippen LogP contribution in [0.1, 0.15) is 56.5 Å². The topological polar surface area (TPSA) is 91.9 Å². The fourth-order valence-electron chi connectivity index (χ4n) is 4.23. The minimum absolute atomic E-state index is 0.0566.